The molecule has 0 amide bonds. The van der Waals surface area contributed by atoms with E-state index >= 15 is 0 Å². The van der Waals surface area contributed by atoms with E-state index in [1.54, 1.807) is 6.07 Å². The van der Waals surface area contributed by atoms with Crippen LogP contribution in [0.25, 0.3) is 10.9 Å². The average molecular weight is 443 g/mol. The molecule has 0 unspecified atom stereocenters. The number of hydrogen-bond donors (Lipinski definition) is 0. The quantitative estimate of drug-likeness (QED) is 0.506. The molecule has 0 aliphatic carbocycles. The summed E-state index contributed by atoms with van der Waals surface area (Å²) in [7, 11) is 0. The molecule has 0 N–H and O–H groups in total. The Bertz CT molecular complexity index is 1020. The van der Waals surface area contributed by atoms with Crippen molar-refractivity contribution in [3.63, 3.8) is 0 Å². The van der Waals surface area contributed by atoms with E-state index in [0.717, 1.165) is 35.6 Å². The van der Waals surface area contributed by atoms with Gasteiger partial charge in [0.15, 0.2) is 0 Å². The number of fused-ring (bicyclic) bond motifs is 1. The highest BCUT2D eigenvalue weighted by atomic mass is 35.5. The molecule has 0 spiro atoms. The van der Waals surface area contributed by atoms with Crippen molar-refractivity contribution in [3.05, 3.63) is 58.2 Å². The zero-order chi connectivity index (χ0) is 20.5. The lowest BCUT2D eigenvalue weighted by Gasteiger charge is -2.41. The Labute approximate surface area is 188 Å². The molecule has 1 aromatic heterocycles. The number of nitrogens with zero attached hydrogens (tertiary/aromatic N) is 4. The monoisotopic (exact) mass is 442 g/mol. The number of anilines is 1. The maximum absolute atomic E-state index is 6.39. The van der Waals surface area contributed by atoms with Gasteiger partial charge in [-0.15, -0.1) is 0 Å². The number of likely N-dealkylation sites (tertiary alicyclic amines) is 1. The van der Waals surface area contributed by atoms with Crippen LogP contribution in [0.5, 0.6) is 0 Å². The van der Waals surface area contributed by atoms with Crippen LogP contribution in [0.3, 0.4) is 0 Å². The van der Waals surface area contributed by atoms with Gasteiger partial charge >= 0.3 is 0 Å². The third kappa shape index (κ3) is 4.18. The van der Waals surface area contributed by atoms with E-state index in [0.29, 0.717) is 16.6 Å². The molecule has 4 nitrogen and oxygen atoms in total. The Morgan fingerprint density at radius 3 is 2.47 bits per heavy atom. The van der Waals surface area contributed by atoms with Gasteiger partial charge in [-0.1, -0.05) is 35.7 Å². The van der Waals surface area contributed by atoms with E-state index < -0.39 is 0 Å². The molecule has 2 fully saturated rings. The molecule has 5 rings (SSSR count). The first-order valence-electron chi connectivity index (χ1n) is 11.1. The molecule has 158 valence electrons. The number of benzene rings is 2. The van der Waals surface area contributed by atoms with Crippen molar-refractivity contribution in [3.8, 4) is 0 Å². The molecular weight excluding hydrogens is 415 g/mol. The standard InChI is InChI=1S/C24H28Cl2N4/c25-20-6-4-19(23(26)14-20)17-30-24-15-22(7-5-18(24)16-27-30)29-12-8-21(9-13-29)28-10-2-1-3-11-28/h4-7,14-16,21H,1-3,8-13,17H2. The number of halogens is 2. The largest absolute Gasteiger partial charge is 0.371 e. The second-order valence-electron chi connectivity index (χ2n) is 8.60. The molecule has 2 aromatic carbocycles. The maximum atomic E-state index is 6.39. The van der Waals surface area contributed by atoms with Gasteiger partial charge in [-0.25, -0.2) is 0 Å². The highest BCUT2D eigenvalue weighted by Crippen LogP contribution is 2.28. The number of rotatable bonds is 4. The lowest BCUT2D eigenvalue weighted by Crippen LogP contribution is -2.46. The number of piperidine rings is 2. The molecule has 0 saturated carbocycles. The summed E-state index contributed by atoms with van der Waals surface area (Å²) in [5, 5.41) is 7.11. The average Bonchev–Trinajstić information content (AvgIpc) is 3.18. The minimum absolute atomic E-state index is 0.639. The predicted molar refractivity (Wildman–Crippen MR) is 126 cm³/mol. The van der Waals surface area contributed by atoms with Gasteiger partial charge < -0.3 is 9.80 Å². The third-order valence-corrected chi connectivity index (χ3v) is 7.29. The molecule has 30 heavy (non-hydrogen) atoms. The van der Waals surface area contributed by atoms with Crippen LogP contribution in [0, 0.1) is 0 Å². The van der Waals surface area contributed by atoms with E-state index in [-0.39, 0.29) is 0 Å². The lowest BCUT2D eigenvalue weighted by molar-refractivity contribution is 0.141. The van der Waals surface area contributed by atoms with Crippen LogP contribution in [-0.2, 0) is 6.54 Å². The van der Waals surface area contributed by atoms with E-state index in [9.17, 15) is 0 Å². The molecule has 3 aromatic rings. The molecule has 2 saturated heterocycles. The Balaban J connectivity index is 1.32. The minimum atomic E-state index is 0.639. The first-order chi connectivity index (χ1) is 14.7. The summed E-state index contributed by atoms with van der Waals surface area (Å²) in [6, 6.07) is 13.1. The van der Waals surface area contributed by atoms with Crippen molar-refractivity contribution in [2.75, 3.05) is 31.1 Å². The van der Waals surface area contributed by atoms with Crippen LogP contribution in [0.4, 0.5) is 5.69 Å². The van der Waals surface area contributed by atoms with Crippen molar-refractivity contribution >= 4 is 39.8 Å². The van der Waals surface area contributed by atoms with Crippen molar-refractivity contribution in [1.82, 2.24) is 14.7 Å². The van der Waals surface area contributed by atoms with Crippen LogP contribution in [0.15, 0.2) is 42.6 Å². The Morgan fingerprint density at radius 2 is 1.70 bits per heavy atom. The second kappa shape index (κ2) is 8.78. The molecule has 2 aliphatic rings. The summed E-state index contributed by atoms with van der Waals surface area (Å²) in [5.41, 5.74) is 3.47. The van der Waals surface area contributed by atoms with Gasteiger partial charge in [0.05, 0.1) is 18.3 Å². The summed E-state index contributed by atoms with van der Waals surface area (Å²) in [6.45, 7) is 5.49. The summed E-state index contributed by atoms with van der Waals surface area (Å²) >= 11 is 12.4. The Hall–Kier alpha value is -1.75. The van der Waals surface area contributed by atoms with Gasteiger partial charge in [0.2, 0.25) is 0 Å². The summed E-state index contributed by atoms with van der Waals surface area (Å²) in [5.74, 6) is 0. The summed E-state index contributed by atoms with van der Waals surface area (Å²) in [6.07, 6.45) is 8.61. The lowest BCUT2D eigenvalue weighted by atomic mass is 9.99. The molecule has 6 heteroatoms. The first-order valence-corrected chi connectivity index (χ1v) is 11.8. The van der Waals surface area contributed by atoms with Crippen LogP contribution in [0.2, 0.25) is 10.0 Å². The van der Waals surface area contributed by atoms with Crippen molar-refractivity contribution in [2.45, 2.75) is 44.7 Å². The van der Waals surface area contributed by atoms with E-state index in [1.165, 1.54) is 50.9 Å². The fourth-order valence-electron chi connectivity index (χ4n) is 4.97. The van der Waals surface area contributed by atoms with Crippen molar-refractivity contribution in [1.29, 1.82) is 0 Å². The maximum Gasteiger partial charge on any atom is 0.0707 e. The second-order valence-corrected chi connectivity index (χ2v) is 9.44. The fraction of sp³-hybridized carbons (Fsp3) is 0.458. The third-order valence-electron chi connectivity index (χ3n) is 6.70. The zero-order valence-electron chi connectivity index (χ0n) is 17.2. The van der Waals surface area contributed by atoms with Crippen LogP contribution >= 0.6 is 23.2 Å². The van der Waals surface area contributed by atoms with Crippen molar-refractivity contribution < 1.29 is 0 Å². The topological polar surface area (TPSA) is 24.3 Å². The predicted octanol–water partition coefficient (Wildman–Crippen LogP) is 5.85. The molecular formula is C24H28Cl2N4. The van der Waals surface area contributed by atoms with E-state index in [1.807, 2.05) is 23.0 Å². The Morgan fingerprint density at radius 1 is 0.900 bits per heavy atom. The summed E-state index contributed by atoms with van der Waals surface area (Å²) < 4.78 is 2.04. The van der Waals surface area contributed by atoms with Gasteiger partial charge in [0.25, 0.3) is 0 Å². The van der Waals surface area contributed by atoms with Crippen LogP contribution in [-0.4, -0.2) is 46.9 Å². The van der Waals surface area contributed by atoms with Crippen molar-refractivity contribution in [2.24, 2.45) is 0 Å². The molecule has 2 aliphatic heterocycles. The van der Waals surface area contributed by atoms with Gasteiger partial charge in [-0.2, -0.15) is 5.10 Å². The molecule has 0 atom stereocenters. The van der Waals surface area contributed by atoms with Crippen LogP contribution in [0.1, 0.15) is 37.7 Å². The SMILES string of the molecule is Clc1ccc(Cn2ncc3ccc(N4CCC(N5CCCCC5)CC4)cc32)c(Cl)c1. The summed E-state index contributed by atoms with van der Waals surface area (Å²) in [4.78, 5) is 5.27. The minimum Gasteiger partial charge on any atom is -0.371 e. The van der Waals surface area contributed by atoms with Gasteiger partial charge in [0.1, 0.15) is 0 Å². The zero-order valence-corrected chi connectivity index (χ0v) is 18.7. The van der Waals surface area contributed by atoms with E-state index in [4.69, 9.17) is 23.2 Å². The van der Waals surface area contributed by atoms with E-state index in [2.05, 4.69) is 33.1 Å². The smallest absolute Gasteiger partial charge is 0.0707 e. The highest BCUT2D eigenvalue weighted by Gasteiger charge is 2.25. The molecule has 0 radical (unpaired) electrons. The molecule has 0 bridgehead atoms. The first kappa shape index (κ1) is 20.2. The highest BCUT2D eigenvalue weighted by molar-refractivity contribution is 6.35. The van der Waals surface area contributed by atoms with Gasteiger partial charge in [-0.05, 0) is 74.7 Å². The Kier molecular flexibility index (Phi) is 5.90. The number of aromatic nitrogens is 2. The fourth-order valence-corrected chi connectivity index (χ4v) is 5.43. The normalized spacial score (nSPS) is 18.9. The number of hydrogen-bond acceptors (Lipinski definition) is 3. The molecule has 3 heterocycles. The van der Waals surface area contributed by atoms with Gasteiger partial charge in [-0.3, -0.25) is 4.68 Å². The van der Waals surface area contributed by atoms with Gasteiger partial charge in [0, 0.05) is 40.3 Å². The van der Waals surface area contributed by atoms with Crippen LogP contribution < -0.4 is 4.90 Å².